The quantitative estimate of drug-likeness (QED) is 0.666. The maximum Gasteiger partial charge on any atom is 0.416 e. The van der Waals surface area contributed by atoms with E-state index in [1.165, 1.54) is 12.1 Å². The number of nitrogens with zero attached hydrogens (tertiary/aromatic N) is 1. The molecular formula is C20H16F3N3O3. The zero-order valence-electron chi connectivity index (χ0n) is 15.3. The molecule has 4 rings (SSSR count). The van der Waals surface area contributed by atoms with Gasteiger partial charge in [-0.2, -0.15) is 18.3 Å². The van der Waals surface area contributed by atoms with Crippen LogP contribution >= 0.6 is 0 Å². The van der Waals surface area contributed by atoms with E-state index in [9.17, 15) is 18.0 Å². The zero-order valence-corrected chi connectivity index (χ0v) is 15.3. The topological polar surface area (TPSA) is 76.2 Å². The monoisotopic (exact) mass is 403 g/mol. The van der Waals surface area contributed by atoms with Crippen molar-refractivity contribution in [2.24, 2.45) is 0 Å². The van der Waals surface area contributed by atoms with Crippen LogP contribution in [0.5, 0.6) is 11.5 Å². The Kier molecular flexibility index (Phi) is 4.65. The molecule has 2 aromatic carbocycles. The number of aromatic amines is 1. The molecule has 29 heavy (non-hydrogen) atoms. The van der Waals surface area contributed by atoms with E-state index < -0.39 is 17.6 Å². The summed E-state index contributed by atoms with van der Waals surface area (Å²) in [5.41, 5.74) is 1.51. The van der Waals surface area contributed by atoms with Crippen molar-refractivity contribution >= 4 is 11.6 Å². The Balaban J connectivity index is 1.64. The van der Waals surface area contributed by atoms with Gasteiger partial charge in [-0.3, -0.25) is 9.89 Å². The molecule has 2 N–H and O–H groups in total. The van der Waals surface area contributed by atoms with Crippen LogP contribution in [0.15, 0.2) is 42.5 Å². The van der Waals surface area contributed by atoms with E-state index in [1.54, 1.807) is 18.2 Å². The Labute approximate surface area is 163 Å². The normalized spacial score (nSPS) is 12.8. The molecule has 0 atom stereocenters. The van der Waals surface area contributed by atoms with E-state index in [-0.39, 0.29) is 6.79 Å². The summed E-state index contributed by atoms with van der Waals surface area (Å²) < 4.78 is 49.0. The lowest BCUT2D eigenvalue weighted by atomic mass is 10.1. The van der Waals surface area contributed by atoms with Crippen LogP contribution in [-0.2, 0) is 12.6 Å². The molecule has 1 aromatic heterocycles. The highest BCUT2D eigenvalue weighted by Crippen LogP contribution is 2.35. The first kappa shape index (κ1) is 18.9. The van der Waals surface area contributed by atoms with Gasteiger partial charge in [0.1, 0.15) is 5.69 Å². The van der Waals surface area contributed by atoms with E-state index in [0.717, 1.165) is 12.1 Å². The molecule has 1 aliphatic rings. The van der Waals surface area contributed by atoms with E-state index in [2.05, 4.69) is 15.5 Å². The molecule has 0 fully saturated rings. The number of carbonyl (C=O) groups excluding carboxylic acids is 1. The van der Waals surface area contributed by atoms with Gasteiger partial charge in [0.15, 0.2) is 11.5 Å². The van der Waals surface area contributed by atoms with Gasteiger partial charge in [-0.15, -0.1) is 0 Å². The molecule has 3 aromatic rings. The molecule has 0 aliphatic carbocycles. The number of ether oxygens (including phenoxy) is 2. The summed E-state index contributed by atoms with van der Waals surface area (Å²) >= 11 is 0. The van der Waals surface area contributed by atoms with Gasteiger partial charge in [-0.25, -0.2) is 0 Å². The maximum atomic E-state index is 12.8. The zero-order chi connectivity index (χ0) is 20.6. The highest BCUT2D eigenvalue weighted by molar-refractivity contribution is 6.06. The lowest BCUT2D eigenvalue weighted by Crippen LogP contribution is -2.13. The number of nitrogens with one attached hydrogen (secondary N) is 2. The van der Waals surface area contributed by atoms with Crippen LogP contribution in [0.2, 0.25) is 0 Å². The molecule has 1 amide bonds. The average molecular weight is 403 g/mol. The maximum absolute atomic E-state index is 12.8. The SMILES string of the molecule is CCc1[nH]nc(-c2ccc(C(F)(F)F)cc2)c1NC(=O)c1ccc2c(c1)OCO2. The van der Waals surface area contributed by atoms with Crippen LogP contribution in [0.1, 0.15) is 28.5 Å². The number of hydrogen-bond donors (Lipinski definition) is 2. The smallest absolute Gasteiger partial charge is 0.416 e. The van der Waals surface area contributed by atoms with Crippen LogP contribution in [-0.4, -0.2) is 22.9 Å². The first-order chi connectivity index (χ1) is 13.9. The minimum absolute atomic E-state index is 0.0974. The van der Waals surface area contributed by atoms with Gasteiger partial charge in [0, 0.05) is 11.1 Å². The van der Waals surface area contributed by atoms with Crippen molar-refractivity contribution in [3.8, 4) is 22.8 Å². The largest absolute Gasteiger partial charge is 0.454 e. The minimum Gasteiger partial charge on any atom is -0.454 e. The fraction of sp³-hybridized carbons (Fsp3) is 0.200. The standard InChI is InChI=1S/C20H16F3N3O3/c1-2-14-18(24-19(27)12-5-8-15-16(9-12)29-10-28-15)17(26-25-14)11-3-6-13(7-4-11)20(21,22)23/h3-9H,2,10H2,1H3,(H,24,27)(H,25,26). The molecule has 150 valence electrons. The molecule has 0 spiro atoms. The predicted molar refractivity (Wildman–Crippen MR) is 98.9 cm³/mol. The van der Waals surface area contributed by atoms with Gasteiger partial charge in [0.05, 0.1) is 16.9 Å². The van der Waals surface area contributed by atoms with Gasteiger partial charge in [-0.1, -0.05) is 19.1 Å². The summed E-state index contributed by atoms with van der Waals surface area (Å²) in [5, 5.41) is 9.83. The molecular weight excluding hydrogens is 387 g/mol. The van der Waals surface area contributed by atoms with Crippen molar-refractivity contribution in [1.29, 1.82) is 0 Å². The molecule has 6 nitrogen and oxygen atoms in total. The summed E-state index contributed by atoms with van der Waals surface area (Å²) in [5.74, 6) is 0.639. The third-order valence-electron chi connectivity index (χ3n) is 4.55. The summed E-state index contributed by atoms with van der Waals surface area (Å²) in [7, 11) is 0. The number of carbonyl (C=O) groups is 1. The van der Waals surface area contributed by atoms with Gasteiger partial charge in [-0.05, 0) is 36.8 Å². The Bertz CT molecular complexity index is 1060. The predicted octanol–water partition coefficient (Wildman–Crippen LogP) is 4.64. The van der Waals surface area contributed by atoms with Crippen LogP contribution < -0.4 is 14.8 Å². The van der Waals surface area contributed by atoms with Crippen LogP contribution in [0.4, 0.5) is 18.9 Å². The number of amides is 1. The highest BCUT2D eigenvalue weighted by Gasteiger charge is 2.30. The molecule has 0 saturated carbocycles. The second-order valence-corrected chi connectivity index (χ2v) is 6.38. The van der Waals surface area contributed by atoms with Crippen molar-refractivity contribution < 1.29 is 27.4 Å². The first-order valence-corrected chi connectivity index (χ1v) is 8.82. The van der Waals surface area contributed by atoms with Crippen molar-refractivity contribution in [2.45, 2.75) is 19.5 Å². The number of hydrogen-bond acceptors (Lipinski definition) is 4. The Morgan fingerprint density at radius 1 is 1.14 bits per heavy atom. The fourth-order valence-electron chi connectivity index (χ4n) is 3.02. The second-order valence-electron chi connectivity index (χ2n) is 6.38. The Morgan fingerprint density at radius 2 is 1.86 bits per heavy atom. The van der Waals surface area contributed by atoms with Crippen molar-refractivity contribution in [1.82, 2.24) is 10.2 Å². The van der Waals surface area contributed by atoms with E-state index in [4.69, 9.17) is 9.47 Å². The number of benzene rings is 2. The van der Waals surface area contributed by atoms with Crippen LogP contribution in [0.3, 0.4) is 0 Å². The van der Waals surface area contributed by atoms with Gasteiger partial charge < -0.3 is 14.8 Å². The molecule has 0 unspecified atom stereocenters. The molecule has 0 bridgehead atoms. The molecule has 2 heterocycles. The number of H-pyrrole nitrogens is 1. The average Bonchev–Trinajstić information content (AvgIpc) is 3.33. The van der Waals surface area contributed by atoms with Gasteiger partial charge in [0.25, 0.3) is 5.91 Å². The number of aromatic nitrogens is 2. The van der Waals surface area contributed by atoms with Crippen molar-refractivity contribution in [3.63, 3.8) is 0 Å². The third-order valence-corrected chi connectivity index (χ3v) is 4.55. The molecule has 0 saturated heterocycles. The molecule has 1 aliphatic heterocycles. The summed E-state index contributed by atoms with van der Waals surface area (Å²) in [6.07, 6.45) is -3.88. The number of fused-ring (bicyclic) bond motifs is 1. The van der Waals surface area contributed by atoms with Crippen LogP contribution in [0.25, 0.3) is 11.3 Å². The van der Waals surface area contributed by atoms with Gasteiger partial charge in [0.2, 0.25) is 6.79 Å². The lowest BCUT2D eigenvalue weighted by molar-refractivity contribution is -0.137. The minimum atomic E-state index is -4.42. The molecule has 9 heteroatoms. The fourth-order valence-corrected chi connectivity index (χ4v) is 3.02. The summed E-state index contributed by atoms with van der Waals surface area (Å²) in [6, 6.07) is 9.44. The summed E-state index contributed by atoms with van der Waals surface area (Å²) in [4.78, 5) is 12.8. The number of aryl methyl sites for hydroxylation is 1. The Hall–Kier alpha value is -3.49. The molecule has 0 radical (unpaired) electrons. The van der Waals surface area contributed by atoms with E-state index in [1.807, 2.05) is 6.92 Å². The van der Waals surface area contributed by atoms with E-state index >= 15 is 0 Å². The lowest BCUT2D eigenvalue weighted by Gasteiger charge is -2.10. The number of alkyl halides is 3. The number of halogens is 3. The third kappa shape index (κ3) is 3.63. The van der Waals surface area contributed by atoms with Crippen molar-refractivity contribution in [3.05, 3.63) is 59.3 Å². The first-order valence-electron chi connectivity index (χ1n) is 8.82. The number of rotatable bonds is 4. The summed E-state index contributed by atoms with van der Waals surface area (Å²) in [6.45, 7) is 1.97. The highest BCUT2D eigenvalue weighted by atomic mass is 19.4. The number of anilines is 1. The Morgan fingerprint density at radius 3 is 2.55 bits per heavy atom. The van der Waals surface area contributed by atoms with Gasteiger partial charge >= 0.3 is 6.18 Å². The van der Waals surface area contributed by atoms with Crippen molar-refractivity contribution in [2.75, 3.05) is 12.1 Å². The second kappa shape index (κ2) is 7.16. The van der Waals surface area contributed by atoms with Crippen LogP contribution in [0, 0.1) is 0 Å². The van der Waals surface area contributed by atoms with E-state index in [0.29, 0.717) is 46.1 Å².